The van der Waals surface area contributed by atoms with Crippen molar-refractivity contribution in [3.63, 3.8) is 0 Å². The molecule has 4 rings (SSSR count). The average molecular weight is 552 g/mol. The summed E-state index contributed by atoms with van der Waals surface area (Å²) in [5, 5.41) is 11.4. The number of nitrogens with zero attached hydrogens (tertiary/aromatic N) is 5. The summed E-state index contributed by atoms with van der Waals surface area (Å²) < 4.78 is 14.4. The largest absolute Gasteiger partial charge is 0.493 e. The van der Waals surface area contributed by atoms with Crippen LogP contribution in [0.15, 0.2) is 45.1 Å². The highest BCUT2D eigenvalue weighted by molar-refractivity contribution is 8.13. The zero-order valence-corrected chi connectivity index (χ0v) is 23.9. The SMILES string of the molecule is COc1cc2c(cc1OC)-c1cc(=Nc3c(C)cc(C)cc3C)n(CCN=C(C[N+](=O)[O-])SC)c(=O)n1CC2. The Kier molecular flexibility index (Phi) is 8.59. The second kappa shape index (κ2) is 11.9. The molecule has 3 aromatic rings. The van der Waals surface area contributed by atoms with Crippen LogP contribution in [-0.2, 0) is 19.5 Å². The lowest BCUT2D eigenvalue weighted by Gasteiger charge is -2.24. The molecule has 0 fully saturated rings. The van der Waals surface area contributed by atoms with Crippen molar-refractivity contribution < 1.29 is 14.4 Å². The maximum atomic E-state index is 13.9. The maximum absolute atomic E-state index is 13.9. The second-order valence-electron chi connectivity index (χ2n) is 9.42. The van der Waals surface area contributed by atoms with Crippen LogP contribution in [0.5, 0.6) is 11.5 Å². The van der Waals surface area contributed by atoms with E-state index in [9.17, 15) is 14.9 Å². The van der Waals surface area contributed by atoms with Gasteiger partial charge >= 0.3 is 5.69 Å². The Labute approximate surface area is 231 Å². The quantitative estimate of drug-likeness (QED) is 0.180. The van der Waals surface area contributed by atoms with Crippen molar-refractivity contribution >= 4 is 22.5 Å². The highest BCUT2D eigenvalue weighted by Crippen LogP contribution is 2.37. The zero-order valence-electron chi connectivity index (χ0n) is 23.1. The van der Waals surface area contributed by atoms with Crippen molar-refractivity contribution in [1.82, 2.24) is 9.13 Å². The molecule has 0 spiro atoms. The Morgan fingerprint density at radius 3 is 2.36 bits per heavy atom. The number of aryl methyl sites for hydroxylation is 4. The molecule has 1 aliphatic heterocycles. The van der Waals surface area contributed by atoms with E-state index >= 15 is 0 Å². The molecule has 0 amide bonds. The molecular weight excluding hydrogens is 518 g/mol. The van der Waals surface area contributed by atoms with Crippen molar-refractivity contribution in [3.8, 4) is 22.8 Å². The summed E-state index contributed by atoms with van der Waals surface area (Å²) in [7, 11) is 3.19. The molecule has 11 heteroatoms. The third-order valence-corrected chi connectivity index (χ3v) is 7.49. The van der Waals surface area contributed by atoms with E-state index in [0.29, 0.717) is 35.0 Å². The number of methoxy groups -OCH3 is 2. The van der Waals surface area contributed by atoms with Crippen LogP contribution >= 0.6 is 11.8 Å². The molecule has 39 heavy (non-hydrogen) atoms. The van der Waals surface area contributed by atoms with Gasteiger partial charge in [0.15, 0.2) is 11.5 Å². The Hall–Kier alpha value is -3.86. The summed E-state index contributed by atoms with van der Waals surface area (Å²) in [5.41, 5.74) is 6.98. The van der Waals surface area contributed by atoms with Gasteiger partial charge in [-0.1, -0.05) is 17.7 Å². The molecule has 2 aromatic carbocycles. The fraction of sp³-hybridized carbons (Fsp3) is 0.393. The van der Waals surface area contributed by atoms with Gasteiger partial charge in [-0.25, -0.2) is 9.79 Å². The van der Waals surface area contributed by atoms with Gasteiger partial charge in [0.2, 0.25) is 0 Å². The van der Waals surface area contributed by atoms with Crippen molar-refractivity contribution in [2.24, 2.45) is 9.98 Å². The van der Waals surface area contributed by atoms with Crippen LogP contribution in [0, 0.1) is 30.9 Å². The van der Waals surface area contributed by atoms with Crippen molar-refractivity contribution in [2.45, 2.75) is 40.3 Å². The Balaban J connectivity index is 1.93. The van der Waals surface area contributed by atoms with Crippen LogP contribution in [0.4, 0.5) is 5.69 Å². The van der Waals surface area contributed by atoms with Gasteiger partial charge in [-0.2, -0.15) is 0 Å². The number of aliphatic imine (C=N–C) groups is 1. The maximum Gasteiger partial charge on any atom is 0.330 e. The van der Waals surface area contributed by atoms with Crippen molar-refractivity contribution in [2.75, 3.05) is 33.6 Å². The Morgan fingerprint density at radius 2 is 1.74 bits per heavy atom. The molecule has 0 bridgehead atoms. The van der Waals surface area contributed by atoms with E-state index in [1.54, 1.807) is 29.6 Å². The summed E-state index contributed by atoms with van der Waals surface area (Å²) in [6.45, 7) is 6.68. The lowest BCUT2D eigenvalue weighted by Crippen LogP contribution is -2.42. The third-order valence-electron chi connectivity index (χ3n) is 6.76. The molecule has 0 saturated heterocycles. The molecule has 0 radical (unpaired) electrons. The lowest BCUT2D eigenvalue weighted by atomic mass is 9.97. The number of benzene rings is 2. The minimum Gasteiger partial charge on any atom is -0.493 e. The molecule has 0 unspecified atom stereocenters. The van der Waals surface area contributed by atoms with Crippen LogP contribution in [0.1, 0.15) is 22.3 Å². The fourth-order valence-electron chi connectivity index (χ4n) is 4.99. The van der Waals surface area contributed by atoms with E-state index in [2.05, 4.69) is 17.1 Å². The van der Waals surface area contributed by atoms with Gasteiger partial charge in [0.25, 0.3) is 6.54 Å². The molecule has 1 aliphatic rings. The van der Waals surface area contributed by atoms with E-state index < -0.39 is 4.92 Å². The standard InChI is InChI=1S/C28H33N5O5S/c1-17-11-18(2)27(19(3)12-17)30-25-15-22-21-14-24(38-5)23(37-4)13-20(21)7-9-31(22)28(34)32(25)10-8-29-26(39-6)16-33(35)36/h11-15H,7-10,16H2,1-6H3. The number of aromatic nitrogens is 2. The summed E-state index contributed by atoms with van der Waals surface area (Å²) in [5.74, 6) is 1.23. The monoisotopic (exact) mass is 551 g/mol. The fourth-order valence-corrected chi connectivity index (χ4v) is 5.45. The first-order valence-corrected chi connectivity index (χ1v) is 13.8. The molecule has 1 aromatic heterocycles. The third kappa shape index (κ3) is 5.93. The molecule has 0 N–H and O–H groups in total. The summed E-state index contributed by atoms with van der Waals surface area (Å²) in [6.07, 6.45) is 2.42. The summed E-state index contributed by atoms with van der Waals surface area (Å²) in [6, 6.07) is 9.94. The summed E-state index contributed by atoms with van der Waals surface area (Å²) >= 11 is 1.24. The predicted molar refractivity (Wildman–Crippen MR) is 154 cm³/mol. The number of fused-ring (bicyclic) bond motifs is 3. The number of hydrogen-bond donors (Lipinski definition) is 0. The van der Waals surface area contributed by atoms with Gasteiger partial charge in [-0.3, -0.25) is 24.2 Å². The molecule has 0 atom stereocenters. The smallest absolute Gasteiger partial charge is 0.330 e. The molecule has 206 valence electrons. The van der Waals surface area contributed by atoms with Crippen molar-refractivity contribution in [1.29, 1.82) is 0 Å². The number of nitro groups is 1. The normalized spacial score (nSPS) is 13.2. The van der Waals surface area contributed by atoms with E-state index in [0.717, 1.165) is 39.2 Å². The second-order valence-corrected chi connectivity index (χ2v) is 10.3. The van der Waals surface area contributed by atoms with Gasteiger partial charge in [-0.15, -0.1) is 11.8 Å². The Morgan fingerprint density at radius 1 is 1.08 bits per heavy atom. The number of hydrogen-bond acceptors (Lipinski definition) is 8. The highest BCUT2D eigenvalue weighted by atomic mass is 32.2. The van der Waals surface area contributed by atoms with E-state index in [4.69, 9.17) is 14.5 Å². The van der Waals surface area contributed by atoms with E-state index in [1.165, 1.54) is 11.8 Å². The lowest BCUT2D eigenvalue weighted by molar-refractivity contribution is -0.462. The zero-order chi connectivity index (χ0) is 28.3. The van der Waals surface area contributed by atoms with Gasteiger partial charge in [0.05, 0.1) is 32.1 Å². The van der Waals surface area contributed by atoms with Crippen LogP contribution < -0.4 is 20.7 Å². The number of thioether (sulfide) groups is 1. The number of rotatable bonds is 8. The van der Waals surface area contributed by atoms with E-state index in [1.807, 2.05) is 39.0 Å². The van der Waals surface area contributed by atoms with Crippen LogP contribution in [-0.4, -0.2) is 52.7 Å². The topological polar surface area (TPSA) is 113 Å². The van der Waals surface area contributed by atoms with Crippen LogP contribution in [0.3, 0.4) is 0 Å². The average Bonchev–Trinajstić information content (AvgIpc) is 2.90. The predicted octanol–water partition coefficient (Wildman–Crippen LogP) is 4.09. The van der Waals surface area contributed by atoms with E-state index in [-0.39, 0.29) is 25.3 Å². The molecule has 0 saturated carbocycles. The Bertz CT molecular complexity index is 1570. The first kappa shape index (κ1) is 28.2. The molecular formula is C28H33N5O5S. The van der Waals surface area contributed by atoms with Gasteiger partial charge in [-0.05, 0) is 62.3 Å². The molecule has 2 heterocycles. The van der Waals surface area contributed by atoms with Gasteiger partial charge in [0, 0.05) is 29.6 Å². The van der Waals surface area contributed by atoms with Gasteiger partial charge in [0.1, 0.15) is 10.5 Å². The molecule has 10 nitrogen and oxygen atoms in total. The number of ether oxygens (including phenoxy) is 2. The first-order chi connectivity index (χ1) is 18.7. The molecule has 0 aliphatic carbocycles. The first-order valence-electron chi connectivity index (χ1n) is 12.6. The van der Waals surface area contributed by atoms with Gasteiger partial charge < -0.3 is 9.47 Å². The highest BCUT2D eigenvalue weighted by Gasteiger charge is 2.22. The summed E-state index contributed by atoms with van der Waals surface area (Å²) in [4.78, 5) is 33.9. The minimum atomic E-state index is -0.402. The minimum absolute atomic E-state index is 0.204. The van der Waals surface area contributed by atoms with Crippen molar-refractivity contribution in [3.05, 3.63) is 78.7 Å². The van der Waals surface area contributed by atoms with Crippen LogP contribution in [0.25, 0.3) is 11.3 Å². The van der Waals surface area contributed by atoms with Crippen LogP contribution in [0.2, 0.25) is 0 Å².